The van der Waals surface area contributed by atoms with Crippen LogP contribution in [0.15, 0.2) is 23.1 Å². The Kier molecular flexibility index (Phi) is 7.35. The van der Waals surface area contributed by atoms with Gasteiger partial charge in [0.25, 0.3) is 0 Å². The minimum Gasteiger partial charge on any atom is -0.490 e. The lowest BCUT2D eigenvalue weighted by Gasteiger charge is -2.47. The number of fused-ring (bicyclic) bond motifs is 1. The fourth-order valence-corrected chi connectivity index (χ4v) is 6.19. The highest BCUT2D eigenvalue weighted by Gasteiger charge is 2.43. The van der Waals surface area contributed by atoms with Gasteiger partial charge in [0.15, 0.2) is 17.5 Å². The molecule has 226 valence electrons. The number of ether oxygens (including phenoxy) is 2. The molecule has 0 spiro atoms. The van der Waals surface area contributed by atoms with Crippen molar-refractivity contribution < 1.29 is 23.4 Å². The van der Waals surface area contributed by atoms with Gasteiger partial charge in [-0.15, -0.1) is 0 Å². The van der Waals surface area contributed by atoms with Crippen molar-refractivity contribution in [2.45, 2.75) is 57.2 Å². The van der Waals surface area contributed by atoms with Crippen molar-refractivity contribution in [2.24, 2.45) is 12.5 Å². The van der Waals surface area contributed by atoms with E-state index in [4.69, 9.17) is 9.47 Å². The van der Waals surface area contributed by atoms with E-state index in [-0.39, 0.29) is 53.7 Å². The molecule has 0 amide bonds. The molecule has 3 aliphatic rings. The molecule has 3 aromatic rings. The Bertz CT molecular complexity index is 1520. The summed E-state index contributed by atoms with van der Waals surface area (Å²) in [5.74, 6) is -1.33. The Balaban J connectivity index is 1.26. The van der Waals surface area contributed by atoms with Crippen LogP contribution in [0, 0.1) is 17.0 Å². The number of aliphatic hydroxyl groups is 1. The molecule has 5 heterocycles. The quantitative estimate of drug-likeness (QED) is 0.338. The number of aromatic nitrogens is 6. The van der Waals surface area contributed by atoms with Crippen LogP contribution in [-0.4, -0.2) is 90.4 Å². The first-order valence-electron chi connectivity index (χ1n) is 14.0. The van der Waals surface area contributed by atoms with Gasteiger partial charge in [-0.1, -0.05) is 0 Å². The number of benzene rings is 1. The molecule has 3 fully saturated rings. The van der Waals surface area contributed by atoms with E-state index in [0.29, 0.717) is 19.3 Å². The van der Waals surface area contributed by atoms with Crippen molar-refractivity contribution in [3.05, 3.63) is 40.4 Å². The second-order valence-corrected chi connectivity index (χ2v) is 12.1. The van der Waals surface area contributed by atoms with Crippen molar-refractivity contribution in [1.82, 2.24) is 34.7 Å². The Morgan fingerprint density at radius 1 is 1.21 bits per heavy atom. The second kappa shape index (κ2) is 10.9. The number of nitrogens with zero attached hydrogens (tertiary/aromatic N) is 7. The van der Waals surface area contributed by atoms with Gasteiger partial charge in [0.1, 0.15) is 18.0 Å². The Hall–Kier alpha value is -3.69. The summed E-state index contributed by atoms with van der Waals surface area (Å²) in [6, 6.07) is 2.88. The predicted molar refractivity (Wildman–Crippen MR) is 148 cm³/mol. The Morgan fingerprint density at radius 2 is 2.02 bits per heavy atom. The molecule has 2 aromatic heterocycles. The summed E-state index contributed by atoms with van der Waals surface area (Å²) < 4.78 is 43.3. The van der Waals surface area contributed by atoms with E-state index in [2.05, 4.69) is 49.8 Å². The average molecular weight is 588 g/mol. The third-order valence-electron chi connectivity index (χ3n) is 8.47. The van der Waals surface area contributed by atoms with Crippen LogP contribution in [0.1, 0.15) is 39.5 Å². The van der Waals surface area contributed by atoms with E-state index in [1.165, 1.54) is 13.1 Å². The number of tetrazole rings is 1. The van der Waals surface area contributed by atoms with Crippen LogP contribution in [0.5, 0.6) is 5.75 Å². The van der Waals surface area contributed by atoms with Gasteiger partial charge >= 0.3 is 5.69 Å². The van der Waals surface area contributed by atoms with E-state index in [9.17, 15) is 14.3 Å². The average Bonchev–Trinajstić information content (AvgIpc) is 3.54. The molecule has 3 N–H and O–H groups in total. The van der Waals surface area contributed by atoms with Gasteiger partial charge in [-0.3, -0.25) is 4.90 Å². The zero-order valence-corrected chi connectivity index (χ0v) is 23.8. The van der Waals surface area contributed by atoms with Crippen LogP contribution in [0.2, 0.25) is 0 Å². The molecule has 42 heavy (non-hydrogen) atoms. The van der Waals surface area contributed by atoms with Crippen LogP contribution in [0.25, 0.3) is 5.69 Å². The van der Waals surface area contributed by atoms with Crippen molar-refractivity contribution in [2.75, 3.05) is 43.6 Å². The number of nitrogens with one attached hydrogen (secondary N) is 2. The third-order valence-corrected chi connectivity index (χ3v) is 8.47. The van der Waals surface area contributed by atoms with Crippen LogP contribution in [0.3, 0.4) is 0 Å². The summed E-state index contributed by atoms with van der Waals surface area (Å²) in [6.45, 7) is 5.94. The molecule has 3 aliphatic heterocycles. The third kappa shape index (κ3) is 5.31. The number of halogens is 2. The van der Waals surface area contributed by atoms with Gasteiger partial charge in [-0.05, 0) is 62.6 Å². The van der Waals surface area contributed by atoms with Crippen LogP contribution in [-0.2, 0) is 11.8 Å². The molecule has 0 saturated carbocycles. The summed E-state index contributed by atoms with van der Waals surface area (Å²) >= 11 is 0. The molecule has 13 nitrogen and oxygen atoms in total. The number of aliphatic hydroxyl groups excluding tert-OH is 1. The number of piperidine rings is 1. The molecule has 0 aliphatic carbocycles. The highest BCUT2D eigenvalue weighted by atomic mass is 19.1. The Labute approximate surface area is 240 Å². The minimum atomic E-state index is -0.730. The highest BCUT2D eigenvalue weighted by molar-refractivity contribution is 5.63. The van der Waals surface area contributed by atoms with Gasteiger partial charge in [0.05, 0.1) is 37.1 Å². The summed E-state index contributed by atoms with van der Waals surface area (Å²) in [4.78, 5) is 23.5. The summed E-state index contributed by atoms with van der Waals surface area (Å²) in [6.07, 6.45) is 5.01. The topological polar surface area (TPSA) is 144 Å². The molecule has 1 aromatic carbocycles. The lowest BCUT2D eigenvalue weighted by atomic mass is 9.84. The van der Waals surface area contributed by atoms with E-state index in [0.717, 1.165) is 53.9 Å². The van der Waals surface area contributed by atoms with E-state index < -0.39 is 22.7 Å². The summed E-state index contributed by atoms with van der Waals surface area (Å²) in [7, 11) is 1.43. The molecule has 3 saturated heterocycles. The van der Waals surface area contributed by atoms with Gasteiger partial charge in [-0.25, -0.2) is 18.6 Å². The minimum absolute atomic E-state index is 0.0168. The van der Waals surface area contributed by atoms with Crippen molar-refractivity contribution in [3.8, 4) is 11.4 Å². The van der Waals surface area contributed by atoms with Crippen molar-refractivity contribution >= 4 is 17.5 Å². The number of anilines is 3. The van der Waals surface area contributed by atoms with Crippen LogP contribution >= 0.6 is 0 Å². The molecule has 2 atom stereocenters. The van der Waals surface area contributed by atoms with E-state index in [1.54, 1.807) is 0 Å². The number of hydrogen-bond donors (Lipinski definition) is 3. The molecular formula is C27H35F2N9O4. The zero-order valence-electron chi connectivity index (χ0n) is 23.8. The monoisotopic (exact) mass is 587 g/mol. The van der Waals surface area contributed by atoms with Gasteiger partial charge < -0.3 is 25.2 Å². The first-order chi connectivity index (χ1) is 20.1. The van der Waals surface area contributed by atoms with Crippen molar-refractivity contribution in [3.63, 3.8) is 0 Å². The number of aryl methyl sites for hydroxylation is 1. The van der Waals surface area contributed by atoms with Crippen LogP contribution < -0.4 is 21.1 Å². The molecular weight excluding hydrogens is 552 g/mol. The molecule has 0 bridgehead atoms. The molecule has 0 radical (unpaired) electrons. The first-order valence-corrected chi connectivity index (χ1v) is 14.0. The Morgan fingerprint density at radius 3 is 2.71 bits per heavy atom. The van der Waals surface area contributed by atoms with Gasteiger partial charge in [-0.2, -0.15) is 14.3 Å². The first kappa shape index (κ1) is 28.4. The van der Waals surface area contributed by atoms with E-state index >= 15 is 4.39 Å². The molecule has 2 unspecified atom stereocenters. The fraction of sp³-hybridized carbons (Fsp3) is 0.593. The van der Waals surface area contributed by atoms with Gasteiger partial charge in [0.2, 0.25) is 5.95 Å². The predicted octanol–water partition coefficient (Wildman–Crippen LogP) is 1.98. The maximum absolute atomic E-state index is 15.4. The number of rotatable bonds is 9. The summed E-state index contributed by atoms with van der Waals surface area (Å²) in [5.41, 5.74) is -1.20. The SMILES string of the molecule is Cn1nnn(-c2cc(Nc3ncc(F)c(NC4CC5CCCN5C(C)(C)C4)n3)c(F)cc2OCC2(CO)COC2)c1=O. The van der Waals surface area contributed by atoms with Gasteiger partial charge in [0, 0.05) is 30.7 Å². The zero-order chi connectivity index (χ0) is 29.6. The lowest BCUT2D eigenvalue weighted by Crippen LogP contribution is -2.55. The van der Waals surface area contributed by atoms with Crippen molar-refractivity contribution in [1.29, 1.82) is 0 Å². The second-order valence-electron chi connectivity index (χ2n) is 12.1. The standard InChI is InChI=1S/C27H35F2N9O4/c1-26(2)10-16(7-17-5-4-6-37(17)26)31-23-19(29)11-30-24(33-23)32-20-9-21(38-25(40)36(3)34-35-38)22(8-18(20)28)42-15-27(12-39)13-41-14-27/h8-9,11,16-17,39H,4-7,10,12-15H2,1-3H3,(H2,30,31,32,33). The maximum Gasteiger partial charge on any atom is 0.368 e. The number of hydrogen-bond acceptors (Lipinski definition) is 11. The van der Waals surface area contributed by atoms with Crippen LogP contribution in [0.4, 0.5) is 26.2 Å². The summed E-state index contributed by atoms with van der Waals surface area (Å²) in [5, 5.41) is 23.4. The van der Waals surface area contributed by atoms with E-state index in [1.807, 2.05) is 0 Å². The lowest BCUT2D eigenvalue weighted by molar-refractivity contribution is -0.153. The maximum atomic E-state index is 15.4. The largest absolute Gasteiger partial charge is 0.490 e. The normalized spacial score (nSPS) is 22.8. The molecule has 15 heteroatoms. The smallest absolute Gasteiger partial charge is 0.368 e. The molecule has 6 rings (SSSR count). The fourth-order valence-electron chi connectivity index (χ4n) is 6.19. The highest BCUT2D eigenvalue weighted by Crippen LogP contribution is 2.39.